The number of nitrogens with zero attached hydrogens (tertiary/aromatic N) is 3. The third-order valence-electron chi connectivity index (χ3n) is 9.15. The molecule has 9 rings (SSSR count). The molecule has 3 heteroatoms. The molecule has 2 heterocycles. The van der Waals surface area contributed by atoms with E-state index in [2.05, 4.69) is 122 Å². The van der Waals surface area contributed by atoms with Crippen LogP contribution in [0.5, 0.6) is 0 Å². The largest absolute Gasteiger partial charge is 0.292 e. The monoisotopic (exact) mass is 537 g/mol. The number of hydrogen-bond donors (Lipinski definition) is 0. The third kappa shape index (κ3) is 3.05. The zero-order valence-corrected chi connectivity index (χ0v) is 23.5. The van der Waals surface area contributed by atoms with Gasteiger partial charge in [0.2, 0.25) is 0 Å². The van der Waals surface area contributed by atoms with Gasteiger partial charge in [0.1, 0.15) is 5.69 Å². The van der Waals surface area contributed by atoms with Crippen LogP contribution in [-0.4, -0.2) is 14.5 Å². The summed E-state index contributed by atoms with van der Waals surface area (Å²) in [6, 6.07) is 45.4. The normalized spacial score (nSPS) is 13.7. The first-order valence-corrected chi connectivity index (χ1v) is 14.5. The molecular weight excluding hydrogens is 510 g/mol. The fourth-order valence-electron chi connectivity index (χ4n) is 7.31. The minimum Gasteiger partial charge on any atom is -0.292 e. The Bertz CT molecular complexity index is 2380. The number of hydrogen-bond acceptors (Lipinski definition) is 2. The summed E-state index contributed by atoms with van der Waals surface area (Å²) in [6.07, 6.45) is 0. The van der Waals surface area contributed by atoms with E-state index in [0.29, 0.717) is 0 Å². The van der Waals surface area contributed by atoms with E-state index in [1.165, 1.54) is 43.8 Å². The van der Waals surface area contributed by atoms with E-state index in [1.807, 2.05) is 24.3 Å². The first-order valence-electron chi connectivity index (χ1n) is 14.5. The molecule has 8 aromatic rings. The van der Waals surface area contributed by atoms with Crippen molar-refractivity contribution in [1.82, 2.24) is 14.5 Å². The first kappa shape index (κ1) is 23.4. The van der Waals surface area contributed by atoms with Gasteiger partial charge < -0.3 is 0 Å². The molecule has 0 radical (unpaired) electrons. The second-order valence-corrected chi connectivity index (χ2v) is 11.8. The van der Waals surface area contributed by atoms with Crippen molar-refractivity contribution in [3.8, 4) is 28.2 Å². The highest BCUT2D eigenvalue weighted by Crippen LogP contribution is 2.53. The van der Waals surface area contributed by atoms with E-state index >= 15 is 0 Å². The standard InChI is InChI=1S/C39H27N3/c1-39(2)29-16-8-6-14-26(29)27-22-20-24-21-23-33-35(34(24)36(27)39)28-15-7-11-19-32(28)42(33)38-37(25-12-4-3-5-13-25)40-30-17-9-10-18-31(30)41-38/h3-23H,1-2H3. The van der Waals surface area contributed by atoms with Gasteiger partial charge in [-0.25, -0.2) is 9.97 Å². The van der Waals surface area contributed by atoms with Crippen molar-refractivity contribution in [3.63, 3.8) is 0 Å². The molecule has 0 atom stereocenters. The number of benzene rings is 6. The summed E-state index contributed by atoms with van der Waals surface area (Å²) in [5.74, 6) is 0.848. The van der Waals surface area contributed by atoms with Gasteiger partial charge in [0.25, 0.3) is 0 Å². The summed E-state index contributed by atoms with van der Waals surface area (Å²) in [5.41, 5.74) is 11.3. The summed E-state index contributed by atoms with van der Waals surface area (Å²) < 4.78 is 2.33. The van der Waals surface area contributed by atoms with Crippen LogP contribution in [0.2, 0.25) is 0 Å². The third-order valence-corrected chi connectivity index (χ3v) is 9.15. The van der Waals surface area contributed by atoms with Crippen LogP contribution in [0.15, 0.2) is 127 Å². The van der Waals surface area contributed by atoms with Gasteiger partial charge in [-0.3, -0.25) is 4.57 Å². The minimum absolute atomic E-state index is 0.124. The number of para-hydroxylation sites is 3. The van der Waals surface area contributed by atoms with Crippen molar-refractivity contribution in [1.29, 1.82) is 0 Å². The van der Waals surface area contributed by atoms with Gasteiger partial charge in [0, 0.05) is 21.8 Å². The van der Waals surface area contributed by atoms with E-state index in [0.717, 1.165) is 39.1 Å². The first-order chi connectivity index (χ1) is 20.6. The van der Waals surface area contributed by atoms with Gasteiger partial charge in [-0.05, 0) is 57.3 Å². The second kappa shape index (κ2) is 8.37. The molecule has 6 aromatic carbocycles. The highest BCUT2D eigenvalue weighted by Gasteiger charge is 2.37. The Labute approximate surface area is 243 Å². The molecular formula is C39H27N3. The van der Waals surface area contributed by atoms with E-state index in [9.17, 15) is 0 Å². The molecule has 198 valence electrons. The Kier molecular flexibility index (Phi) is 4.67. The average molecular weight is 538 g/mol. The zero-order chi connectivity index (χ0) is 28.0. The van der Waals surface area contributed by atoms with Crippen molar-refractivity contribution >= 4 is 43.6 Å². The van der Waals surface area contributed by atoms with Crippen molar-refractivity contribution in [2.24, 2.45) is 0 Å². The van der Waals surface area contributed by atoms with Crippen LogP contribution in [-0.2, 0) is 5.41 Å². The second-order valence-electron chi connectivity index (χ2n) is 11.8. The Hall–Kier alpha value is -5.28. The Morgan fingerprint density at radius 3 is 2.10 bits per heavy atom. The molecule has 0 saturated carbocycles. The maximum Gasteiger partial charge on any atom is 0.165 e. The average Bonchev–Trinajstić information content (AvgIpc) is 3.50. The summed E-state index contributed by atoms with van der Waals surface area (Å²) >= 11 is 0. The molecule has 42 heavy (non-hydrogen) atoms. The molecule has 0 amide bonds. The maximum atomic E-state index is 5.31. The van der Waals surface area contributed by atoms with E-state index in [-0.39, 0.29) is 5.41 Å². The van der Waals surface area contributed by atoms with Gasteiger partial charge in [-0.1, -0.05) is 117 Å². The summed E-state index contributed by atoms with van der Waals surface area (Å²) in [7, 11) is 0. The highest BCUT2D eigenvalue weighted by atomic mass is 15.1. The van der Waals surface area contributed by atoms with E-state index < -0.39 is 0 Å². The summed E-state index contributed by atoms with van der Waals surface area (Å²) in [5, 5.41) is 5.09. The zero-order valence-electron chi connectivity index (χ0n) is 23.5. The van der Waals surface area contributed by atoms with Crippen LogP contribution in [0.25, 0.3) is 71.8 Å². The lowest BCUT2D eigenvalue weighted by Crippen LogP contribution is -2.15. The van der Waals surface area contributed by atoms with Crippen molar-refractivity contribution in [2.75, 3.05) is 0 Å². The molecule has 0 bridgehead atoms. The van der Waals surface area contributed by atoms with Gasteiger partial charge in [-0.15, -0.1) is 0 Å². The molecule has 0 aliphatic heterocycles. The fourth-order valence-corrected chi connectivity index (χ4v) is 7.31. The minimum atomic E-state index is -0.124. The molecule has 1 aliphatic carbocycles. The van der Waals surface area contributed by atoms with E-state index in [4.69, 9.17) is 9.97 Å². The topological polar surface area (TPSA) is 30.7 Å². The molecule has 1 aliphatic rings. The SMILES string of the molecule is CC1(C)c2ccccc2-c2ccc3ccc4c(c5ccccc5n4-c4nc5ccccc5nc4-c4ccccc4)c3c21. The molecule has 2 aromatic heterocycles. The predicted octanol–water partition coefficient (Wildman–Crippen LogP) is 9.85. The van der Waals surface area contributed by atoms with Crippen LogP contribution in [0, 0.1) is 0 Å². The molecule has 0 spiro atoms. The molecule has 3 nitrogen and oxygen atoms in total. The Morgan fingerprint density at radius 1 is 0.548 bits per heavy atom. The predicted molar refractivity (Wildman–Crippen MR) is 174 cm³/mol. The van der Waals surface area contributed by atoms with Gasteiger partial charge in [-0.2, -0.15) is 0 Å². The van der Waals surface area contributed by atoms with Crippen LogP contribution in [0.3, 0.4) is 0 Å². The molecule has 0 unspecified atom stereocenters. The Balaban J connectivity index is 1.47. The Morgan fingerprint density at radius 2 is 1.24 bits per heavy atom. The number of rotatable bonds is 2. The van der Waals surface area contributed by atoms with Gasteiger partial charge in [0.15, 0.2) is 5.82 Å². The number of aromatic nitrogens is 3. The van der Waals surface area contributed by atoms with Gasteiger partial charge >= 0.3 is 0 Å². The van der Waals surface area contributed by atoms with Crippen LogP contribution in [0.1, 0.15) is 25.0 Å². The fraction of sp³-hybridized carbons (Fsp3) is 0.0769. The van der Waals surface area contributed by atoms with Gasteiger partial charge in [0.05, 0.1) is 22.1 Å². The van der Waals surface area contributed by atoms with Crippen molar-refractivity contribution in [3.05, 3.63) is 139 Å². The quantitative estimate of drug-likeness (QED) is 0.220. The van der Waals surface area contributed by atoms with Crippen LogP contribution < -0.4 is 0 Å². The number of fused-ring (bicyclic) bond motifs is 10. The maximum absolute atomic E-state index is 5.31. The lowest BCUT2D eigenvalue weighted by Gasteiger charge is -2.23. The molecule has 0 N–H and O–H groups in total. The molecule has 0 saturated heterocycles. The van der Waals surface area contributed by atoms with Crippen molar-refractivity contribution in [2.45, 2.75) is 19.3 Å². The molecule has 0 fully saturated rings. The summed E-state index contributed by atoms with van der Waals surface area (Å²) in [4.78, 5) is 10.5. The van der Waals surface area contributed by atoms with Crippen LogP contribution in [0.4, 0.5) is 0 Å². The lowest BCUT2D eigenvalue weighted by molar-refractivity contribution is 0.666. The summed E-state index contributed by atoms with van der Waals surface area (Å²) in [6.45, 7) is 4.74. The van der Waals surface area contributed by atoms with E-state index in [1.54, 1.807) is 0 Å². The lowest BCUT2D eigenvalue weighted by atomic mass is 9.79. The van der Waals surface area contributed by atoms with Crippen LogP contribution >= 0.6 is 0 Å². The smallest absolute Gasteiger partial charge is 0.165 e. The highest BCUT2D eigenvalue weighted by molar-refractivity contribution is 6.24. The van der Waals surface area contributed by atoms with Crippen molar-refractivity contribution < 1.29 is 0 Å².